The Morgan fingerprint density at radius 3 is 1.39 bits per heavy atom. The van der Waals surface area contributed by atoms with Crippen LogP contribution in [0.3, 0.4) is 0 Å². The van der Waals surface area contributed by atoms with Crippen LogP contribution in [0.4, 0.5) is 0 Å². The molecule has 0 radical (unpaired) electrons. The molecular weight excluding hydrogens is 412 g/mol. The molecule has 0 bridgehead atoms. The molecule has 10 heteroatoms. The van der Waals surface area contributed by atoms with Crippen molar-refractivity contribution in [1.82, 2.24) is 0 Å². The number of hydrogen-bond acceptors (Lipinski definition) is 8. The number of carbonyl (C=O) groups excluding carboxylic acids is 4. The Balaban J connectivity index is 1.66. The molecular formula is C21H12O10. The molecule has 4 rings (SSSR count). The smallest absolute Gasteiger partial charge is 0.347 e. The minimum absolute atomic E-state index is 0.0193. The largest absolute Gasteiger partial charge is 0.478 e. The topological polar surface area (TPSA) is 161 Å². The van der Waals surface area contributed by atoms with E-state index < -0.39 is 35.8 Å². The van der Waals surface area contributed by atoms with Crippen molar-refractivity contribution in [3.05, 3.63) is 68.8 Å². The van der Waals surface area contributed by atoms with Crippen molar-refractivity contribution in [2.75, 3.05) is 0 Å². The summed E-state index contributed by atoms with van der Waals surface area (Å²) >= 11 is 0. The van der Waals surface area contributed by atoms with Gasteiger partial charge in [0.05, 0.1) is 33.4 Å². The highest BCUT2D eigenvalue weighted by Crippen LogP contribution is 2.29. The Kier molecular flexibility index (Phi) is 4.61. The van der Waals surface area contributed by atoms with Crippen LogP contribution in [-0.4, -0.2) is 46.0 Å². The van der Waals surface area contributed by atoms with E-state index in [1.807, 2.05) is 0 Å². The van der Waals surface area contributed by atoms with Gasteiger partial charge in [0.2, 0.25) is 0 Å². The van der Waals surface area contributed by atoms with E-state index in [-0.39, 0.29) is 63.8 Å². The van der Waals surface area contributed by atoms with Crippen molar-refractivity contribution in [2.45, 2.75) is 19.3 Å². The molecule has 0 saturated heterocycles. The minimum atomic E-state index is -1.29. The van der Waals surface area contributed by atoms with Gasteiger partial charge in [0.25, 0.3) is 0 Å². The van der Waals surface area contributed by atoms with Gasteiger partial charge in [-0.25, -0.2) is 28.8 Å². The first-order chi connectivity index (χ1) is 14.7. The van der Waals surface area contributed by atoms with Gasteiger partial charge in [0, 0.05) is 0 Å². The van der Waals surface area contributed by atoms with E-state index in [1.54, 1.807) is 0 Å². The van der Waals surface area contributed by atoms with Crippen molar-refractivity contribution in [1.29, 1.82) is 0 Å². The number of aromatic carboxylic acids is 2. The Bertz CT molecular complexity index is 1140. The van der Waals surface area contributed by atoms with Crippen molar-refractivity contribution in [2.24, 2.45) is 0 Å². The van der Waals surface area contributed by atoms with E-state index >= 15 is 0 Å². The highest BCUT2D eigenvalue weighted by atomic mass is 16.6. The normalized spacial score (nSPS) is 14.2. The third-order valence-corrected chi connectivity index (χ3v) is 5.05. The summed E-state index contributed by atoms with van der Waals surface area (Å²) in [5, 5.41) is 18.5. The minimum Gasteiger partial charge on any atom is -0.478 e. The average Bonchev–Trinajstić information content (AvgIpc) is 3.16. The van der Waals surface area contributed by atoms with Crippen molar-refractivity contribution in [3.8, 4) is 0 Å². The van der Waals surface area contributed by atoms with Crippen LogP contribution in [0.5, 0.6) is 0 Å². The van der Waals surface area contributed by atoms with Gasteiger partial charge < -0.3 is 19.7 Å². The van der Waals surface area contributed by atoms with E-state index in [4.69, 9.17) is 0 Å². The lowest BCUT2D eigenvalue weighted by atomic mass is 9.92. The zero-order valence-electron chi connectivity index (χ0n) is 15.6. The first-order valence-corrected chi connectivity index (χ1v) is 9.00. The van der Waals surface area contributed by atoms with Crippen LogP contribution in [0, 0.1) is 0 Å². The maximum absolute atomic E-state index is 12.0. The number of aryl methyl sites for hydroxylation is 2. The zero-order valence-corrected chi connectivity index (χ0v) is 15.6. The second kappa shape index (κ2) is 7.17. The summed E-state index contributed by atoms with van der Waals surface area (Å²) < 4.78 is 9.13. The van der Waals surface area contributed by atoms with Crippen LogP contribution in [-0.2, 0) is 22.3 Å². The molecule has 2 aliphatic heterocycles. The number of carboxylic acids is 2. The zero-order chi connectivity index (χ0) is 22.4. The Morgan fingerprint density at radius 2 is 1.03 bits per heavy atom. The van der Waals surface area contributed by atoms with E-state index in [0.717, 1.165) is 12.1 Å². The lowest BCUT2D eigenvalue weighted by Gasteiger charge is -2.09. The molecule has 2 aliphatic rings. The third-order valence-electron chi connectivity index (χ3n) is 5.05. The second-order valence-electron chi connectivity index (χ2n) is 6.93. The summed E-state index contributed by atoms with van der Waals surface area (Å²) in [6.07, 6.45) is 0.496. The SMILES string of the molecule is O=C(O)c1cc(CCCc2cc(C(=O)O)cc3c2C(=O)OC3=O)c2c(c1)C(=O)OC2=O. The fourth-order valence-electron chi connectivity index (χ4n) is 3.70. The van der Waals surface area contributed by atoms with Crippen LogP contribution in [0.1, 0.15) is 79.7 Å². The summed E-state index contributed by atoms with van der Waals surface area (Å²) in [6, 6.07) is 4.66. The predicted octanol–water partition coefficient (Wildman–Crippen LogP) is 1.88. The van der Waals surface area contributed by atoms with Crippen molar-refractivity contribution in [3.63, 3.8) is 0 Å². The van der Waals surface area contributed by atoms with Gasteiger partial charge in [-0.1, -0.05) is 0 Å². The number of rotatable bonds is 6. The fourth-order valence-corrected chi connectivity index (χ4v) is 3.70. The maximum Gasteiger partial charge on any atom is 0.347 e. The van der Waals surface area contributed by atoms with Gasteiger partial charge in [-0.3, -0.25) is 0 Å². The standard InChI is InChI=1S/C21H12O10/c22-16(23)10-4-8(14-12(6-10)18(26)30-20(14)28)2-1-3-9-5-11(17(24)25)7-13-15(9)21(29)31-19(13)27/h4-7H,1-3H2,(H,22,23)(H,24,25). The highest BCUT2D eigenvalue weighted by Gasteiger charge is 2.35. The van der Waals surface area contributed by atoms with Gasteiger partial charge in [-0.05, 0) is 54.7 Å². The molecule has 0 atom stereocenters. The molecule has 0 fully saturated rings. The van der Waals surface area contributed by atoms with Crippen LogP contribution < -0.4 is 0 Å². The molecule has 0 aliphatic carbocycles. The van der Waals surface area contributed by atoms with Gasteiger partial charge >= 0.3 is 35.8 Å². The Morgan fingerprint density at radius 1 is 0.645 bits per heavy atom. The quantitative estimate of drug-likeness (QED) is 0.517. The first kappa shape index (κ1) is 20.0. The lowest BCUT2D eigenvalue weighted by Crippen LogP contribution is -2.08. The molecule has 0 aromatic heterocycles. The Labute approximate surface area is 173 Å². The monoisotopic (exact) mass is 424 g/mol. The maximum atomic E-state index is 12.0. The fraction of sp³-hybridized carbons (Fsp3) is 0.143. The van der Waals surface area contributed by atoms with Gasteiger partial charge in [0.1, 0.15) is 0 Å². The number of carboxylic acid groups (broad SMARTS) is 2. The number of cyclic esters (lactones) is 4. The van der Waals surface area contributed by atoms with Crippen molar-refractivity contribution < 1.29 is 48.5 Å². The number of benzene rings is 2. The van der Waals surface area contributed by atoms with Gasteiger partial charge in [-0.2, -0.15) is 0 Å². The number of ether oxygens (including phenoxy) is 2. The number of hydrogen-bond donors (Lipinski definition) is 2. The van der Waals surface area contributed by atoms with E-state index in [2.05, 4.69) is 9.47 Å². The molecule has 2 heterocycles. The Hall–Kier alpha value is -4.34. The van der Waals surface area contributed by atoms with Crippen LogP contribution in [0.2, 0.25) is 0 Å². The number of esters is 4. The van der Waals surface area contributed by atoms with E-state index in [0.29, 0.717) is 0 Å². The van der Waals surface area contributed by atoms with Gasteiger partial charge in [0.15, 0.2) is 0 Å². The molecule has 0 saturated carbocycles. The second-order valence-corrected chi connectivity index (χ2v) is 6.93. The van der Waals surface area contributed by atoms with Crippen LogP contribution in [0.15, 0.2) is 24.3 Å². The molecule has 2 N–H and O–H groups in total. The first-order valence-electron chi connectivity index (χ1n) is 9.00. The molecule has 0 spiro atoms. The molecule has 0 unspecified atom stereocenters. The summed E-state index contributed by atoms with van der Waals surface area (Å²) in [5.41, 5.74) is -0.147. The predicted molar refractivity (Wildman–Crippen MR) is 98.3 cm³/mol. The van der Waals surface area contributed by atoms with Crippen LogP contribution in [0.25, 0.3) is 0 Å². The summed E-state index contributed by atoms with van der Waals surface area (Å²) in [7, 11) is 0. The summed E-state index contributed by atoms with van der Waals surface area (Å²) in [6.45, 7) is 0. The molecule has 2 aromatic carbocycles. The third kappa shape index (κ3) is 3.33. The molecule has 10 nitrogen and oxygen atoms in total. The van der Waals surface area contributed by atoms with Gasteiger partial charge in [-0.15, -0.1) is 0 Å². The van der Waals surface area contributed by atoms with E-state index in [1.165, 1.54) is 12.1 Å². The summed E-state index contributed by atoms with van der Waals surface area (Å²) in [5.74, 6) is -6.20. The van der Waals surface area contributed by atoms with E-state index in [9.17, 15) is 39.0 Å². The lowest BCUT2D eigenvalue weighted by molar-refractivity contribution is 0.0425. The van der Waals surface area contributed by atoms with Crippen LogP contribution >= 0.6 is 0 Å². The number of fused-ring (bicyclic) bond motifs is 2. The average molecular weight is 424 g/mol. The highest BCUT2D eigenvalue weighted by molar-refractivity contribution is 6.17. The summed E-state index contributed by atoms with van der Waals surface area (Å²) in [4.78, 5) is 70.4. The molecule has 31 heavy (non-hydrogen) atoms. The molecule has 2 aromatic rings. The molecule has 0 amide bonds. The van der Waals surface area contributed by atoms with Crippen molar-refractivity contribution >= 4 is 35.8 Å². The molecule has 156 valence electrons. The number of carbonyl (C=O) groups is 6.